The zero-order chi connectivity index (χ0) is 20.3. The van der Waals surface area contributed by atoms with E-state index in [9.17, 15) is 9.59 Å². The van der Waals surface area contributed by atoms with Crippen LogP contribution in [0.15, 0.2) is 42.5 Å². The molecule has 2 aromatic carbocycles. The topological polar surface area (TPSA) is 52.7 Å². The van der Waals surface area contributed by atoms with Gasteiger partial charge >= 0.3 is 6.03 Å². The SMILES string of the molecule is Cc1ccc(N2CCCC(NC(=O)N(C)Cc3c(Cl)cccc3Cl)C2=O)cc1. The number of piperidine rings is 1. The molecule has 0 saturated carbocycles. The van der Waals surface area contributed by atoms with Crippen LogP contribution in [-0.4, -0.2) is 36.5 Å². The number of carbonyl (C=O) groups excluding carboxylic acids is 2. The fourth-order valence-electron chi connectivity index (χ4n) is 3.24. The molecule has 0 radical (unpaired) electrons. The van der Waals surface area contributed by atoms with E-state index >= 15 is 0 Å². The smallest absolute Gasteiger partial charge is 0.318 e. The molecule has 0 bridgehead atoms. The third kappa shape index (κ3) is 4.59. The van der Waals surface area contributed by atoms with Crippen molar-refractivity contribution in [3.8, 4) is 0 Å². The second kappa shape index (κ2) is 8.84. The number of amides is 3. The van der Waals surface area contributed by atoms with Crippen LogP contribution in [-0.2, 0) is 11.3 Å². The van der Waals surface area contributed by atoms with Crippen LogP contribution in [0.25, 0.3) is 0 Å². The van der Waals surface area contributed by atoms with Gasteiger partial charge in [0, 0.05) is 34.9 Å². The van der Waals surface area contributed by atoms with Crippen LogP contribution >= 0.6 is 23.2 Å². The highest BCUT2D eigenvalue weighted by Gasteiger charge is 2.31. The normalized spacial score (nSPS) is 16.8. The first-order valence-electron chi connectivity index (χ1n) is 9.19. The lowest BCUT2D eigenvalue weighted by molar-refractivity contribution is -0.121. The van der Waals surface area contributed by atoms with E-state index in [0.717, 1.165) is 17.7 Å². The number of halogens is 2. The summed E-state index contributed by atoms with van der Waals surface area (Å²) >= 11 is 12.4. The number of anilines is 1. The van der Waals surface area contributed by atoms with E-state index < -0.39 is 6.04 Å². The van der Waals surface area contributed by atoms with E-state index in [1.54, 1.807) is 30.1 Å². The van der Waals surface area contributed by atoms with Gasteiger partial charge in [-0.3, -0.25) is 4.79 Å². The highest BCUT2D eigenvalue weighted by atomic mass is 35.5. The second-order valence-corrected chi connectivity index (χ2v) is 7.84. The first-order chi connectivity index (χ1) is 13.4. The molecule has 1 aliphatic heterocycles. The molecule has 1 N–H and O–H groups in total. The number of aryl methyl sites for hydroxylation is 1. The van der Waals surface area contributed by atoms with E-state index in [-0.39, 0.29) is 18.5 Å². The largest absolute Gasteiger partial charge is 0.326 e. The zero-order valence-electron chi connectivity index (χ0n) is 15.9. The average Bonchev–Trinajstić information content (AvgIpc) is 2.67. The molecule has 3 rings (SSSR count). The lowest BCUT2D eigenvalue weighted by Gasteiger charge is -2.33. The highest BCUT2D eigenvalue weighted by molar-refractivity contribution is 6.36. The summed E-state index contributed by atoms with van der Waals surface area (Å²) in [4.78, 5) is 28.7. The Kier molecular flexibility index (Phi) is 6.47. The quantitative estimate of drug-likeness (QED) is 0.784. The maximum atomic E-state index is 12.9. The lowest BCUT2D eigenvalue weighted by Crippen LogP contribution is -2.54. The molecule has 0 aromatic heterocycles. The van der Waals surface area contributed by atoms with Crippen molar-refractivity contribution in [3.63, 3.8) is 0 Å². The van der Waals surface area contributed by atoms with Gasteiger partial charge in [0.2, 0.25) is 5.91 Å². The molecular weight excluding hydrogens is 397 g/mol. The van der Waals surface area contributed by atoms with Crippen molar-refractivity contribution in [3.05, 3.63) is 63.6 Å². The maximum Gasteiger partial charge on any atom is 0.318 e. The molecule has 1 unspecified atom stereocenters. The number of hydrogen-bond acceptors (Lipinski definition) is 2. The molecule has 1 fully saturated rings. The first kappa shape index (κ1) is 20.5. The molecule has 1 saturated heterocycles. The summed E-state index contributed by atoms with van der Waals surface area (Å²) in [6.07, 6.45) is 1.44. The summed E-state index contributed by atoms with van der Waals surface area (Å²) in [5.74, 6) is -0.0902. The fraction of sp³-hybridized carbons (Fsp3) is 0.333. The van der Waals surface area contributed by atoms with Crippen LogP contribution < -0.4 is 10.2 Å². The number of hydrogen-bond donors (Lipinski definition) is 1. The Bertz CT molecular complexity index is 850. The van der Waals surface area contributed by atoms with Crippen LogP contribution in [0.2, 0.25) is 10.0 Å². The number of benzene rings is 2. The Balaban J connectivity index is 1.65. The number of carbonyl (C=O) groups is 2. The number of urea groups is 1. The molecule has 1 aliphatic rings. The van der Waals surface area contributed by atoms with Crippen molar-refractivity contribution in [2.45, 2.75) is 32.4 Å². The Morgan fingerprint density at radius 1 is 1.18 bits per heavy atom. The van der Waals surface area contributed by atoms with E-state index in [2.05, 4.69) is 5.32 Å². The van der Waals surface area contributed by atoms with Gasteiger partial charge in [0.15, 0.2) is 0 Å². The zero-order valence-corrected chi connectivity index (χ0v) is 17.4. The summed E-state index contributed by atoms with van der Waals surface area (Å²) < 4.78 is 0. The van der Waals surface area contributed by atoms with Crippen molar-refractivity contribution < 1.29 is 9.59 Å². The van der Waals surface area contributed by atoms with Gasteiger partial charge in [-0.25, -0.2) is 4.79 Å². The van der Waals surface area contributed by atoms with Gasteiger partial charge < -0.3 is 15.1 Å². The van der Waals surface area contributed by atoms with Gasteiger partial charge in [-0.2, -0.15) is 0 Å². The molecule has 7 heteroatoms. The summed E-state index contributed by atoms with van der Waals surface area (Å²) in [5.41, 5.74) is 2.67. The molecule has 148 valence electrons. The van der Waals surface area contributed by atoms with E-state index in [1.165, 1.54) is 4.90 Å². The molecule has 28 heavy (non-hydrogen) atoms. The van der Waals surface area contributed by atoms with Gasteiger partial charge in [-0.05, 0) is 44.0 Å². The van der Waals surface area contributed by atoms with E-state index in [0.29, 0.717) is 28.6 Å². The molecule has 1 heterocycles. The predicted molar refractivity (Wildman–Crippen MR) is 113 cm³/mol. The number of nitrogens with zero attached hydrogens (tertiary/aromatic N) is 2. The first-order valence-corrected chi connectivity index (χ1v) is 9.95. The van der Waals surface area contributed by atoms with E-state index in [4.69, 9.17) is 23.2 Å². The van der Waals surface area contributed by atoms with Gasteiger partial charge in [0.05, 0.1) is 6.54 Å². The van der Waals surface area contributed by atoms with Crippen molar-refractivity contribution >= 4 is 40.8 Å². The molecule has 0 spiro atoms. The fourth-order valence-corrected chi connectivity index (χ4v) is 3.76. The summed E-state index contributed by atoms with van der Waals surface area (Å²) in [7, 11) is 1.65. The standard InChI is InChI=1S/C21H23Cl2N3O2/c1-14-8-10-15(11-9-14)26-12-4-7-19(20(26)27)24-21(28)25(2)13-16-17(22)5-3-6-18(16)23/h3,5-6,8-11,19H,4,7,12-13H2,1-2H3,(H,24,28). The highest BCUT2D eigenvalue weighted by Crippen LogP contribution is 2.26. The third-order valence-corrected chi connectivity index (χ3v) is 5.59. The van der Waals surface area contributed by atoms with Crippen LogP contribution in [0.1, 0.15) is 24.0 Å². The lowest BCUT2D eigenvalue weighted by atomic mass is 10.0. The monoisotopic (exact) mass is 419 g/mol. The van der Waals surface area contributed by atoms with Crippen LogP contribution in [0.4, 0.5) is 10.5 Å². The molecular formula is C21H23Cl2N3O2. The second-order valence-electron chi connectivity index (χ2n) is 7.03. The van der Waals surface area contributed by atoms with Crippen LogP contribution in [0, 0.1) is 6.92 Å². The predicted octanol–water partition coefficient (Wildman–Crippen LogP) is 4.64. The van der Waals surface area contributed by atoms with Crippen molar-refractivity contribution in [2.24, 2.45) is 0 Å². The Hall–Kier alpha value is -2.24. The summed E-state index contributed by atoms with van der Waals surface area (Å²) in [5, 5.41) is 3.86. The molecule has 0 aliphatic carbocycles. The molecule has 1 atom stereocenters. The Morgan fingerprint density at radius 2 is 1.82 bits per heavy atom. The molecule has 2 aromatic rings. The van der Waals surface area contributed by atoms with Gasteiger partial charge in [-0.1, -0.05) is 47.0 Å². The maximum absolute atomic E-state index is 12.9. The van der Waals surface area contributed by atoms with Gasteiger partial charge in [-0.15, -0.1) is 0 Å². The van der Waals surface area contributed by atoms with Crippen molar-refractivity contribution in [1.82, 2.24) is 10.2 Å². The summed E-state index contributed by atoms with van der Waals surface area (Å²) in [6, 6.07) is 12.2. The molecule has 5 nitrogen and oxygen atoms in total. The molecule has 3 amide bonds. The van der Waals surface area contributed by atoms with Crippen LogP contribution in [0.5, 0.6) is 0 Å². The Labute approximate surface area is 175 Å². The Morgan fingerprint density at radius 3 is 2.46 bits per heavy atom. The van der Waals surface area contributed by atoms with Crippen molar-refractivity contribution in [2.75, 3.05) is 18.5 Å². The minimum atomic E-state index is -0.549. The van der Waals surface area contributed by atoms with Crippen molar-refractivity contribution in [1.29, 1.82) is 0 Å². The average molecular weight is 420 g/mol. The minimum absolute atomic E-state index is 0.0902. The number of rotatable bonds is 4. The van der Waals surface area contributed by atoms with Gasteiger partial charge in [0.25, 0.3) is 0 Å². The summed E-state index contributed by atoms with van der Waals surface area (Å²) in [6.45, 7) is 2.91. The minimum Gasteiger partial charge on any atom is -0.326 e. The third-order valence-electron chi connectivity index (χ3n) is 4.89. The number of nitrogens with one attached hydrogen (secondary N) is 1. The van der Waals surface area contributed by atoms with Gasteiger partial charge in [0.1, 0.15) is 6.04 Å². The van der Waals surface area contributed by atoms with Crippen LogP contribution in [0.3, 0.4) is 0 Å². The van der Waals surface area contributed by atoms with E-state index in [1.807, 2.05) is 31.2 Å².